The van der Waals surface area contributed by atoms with Gasteiger partial charge in [0.15, 0.2) is 5.92 Å². The fraction of sp³-hybridized carbons (Fsp3) is 0.273. The molecule has 2 N–H and O–H groups in total. The zero-order valence-corrected chi connectivity index (χ0v) is 10.2. The molecule has 0 fully saturated rings. The van der Waals surface area contributed by atoms with Gasteiger partial charge in [0.05, 0.1) is 5.75 Å². The highest BCUT2D eigenvalue weighted by molar-refractivity contribution is 7.71. The second kappa shape index (κ2) is 6.15. The summed E-state index contributed by atoms with van der Waals surface area (Å²) < 4.78 is 21.0. The molecule has 0 aromatic heterocycles. The Morgan fingerprint density at radius 3 is 1.83 bits per heavy atom. The summed E-state index contributed by atoms with van der Waals surface area (Å²) in [6.07, 6.45) is -0.130. The second-order valence-corrected chi connectivity index (χ2v) is 4.72. The van der Waals surface area contributed by atoms with Crippen molar-refractivity contribution in [3.05, 3.63) is 35.4 Å². The average Bonchev–Trinajstić information content (AvgIpc) is 2.26. The Hall–Kier alpha value is -1.89. The van der Waals surface area contributed by atoms with E-state index in [-0.39, 0.29) is 12.2 Å². The van der Waals surface area contributed by atoms with Gasteiger partial charge in [0.25, 0.3) is 0 Å². The van der Waals surface area contributed by atoms with Crippen molar-refractivity contribution in [2.45, 2.75) is 12.2 Å². The van der Waals surface area contributed by atoms with Crippen molar-refractivity contribution in [1.29, 1.82) is 0 Å². The third kappa shape index (κ3) is 4.17. The fourth-order valence-electron chi connectivity index (χ4n) is 1.45. The molecule has 1 rings (SSSR count). The van der Waals surface area contributed by atoms with E-state index in [9.17, 15) is 18.0 Å². The normalized spacial score (nSPS) is 10.8. The highest BCUT2D eigenvalue weighted by Gasteiger charge is 2.25. The molecule has 0 amide bonds. The summed E-state index contributed by atoms with van der Waals surface area (Å²) in [5, 5.41) is 17.4. The first-order valence-corrected chi connectivity index (χ1v) is 6.41. The highest BCUT2D eigenvalue weighted by atomic mass is 32.2. The van der Waals surface area contributed by atoms with E-state index < -0.39 is 28.6 Å². The molecule has 1 aromatic rings. The number of aliphatic carboxylic acids is 2. The lowest BCUT2D eigenvalue weighted by Crippen LogP contribution is -2.25. The number of hydrogen-bond donors (Lipinski definition) is 3. The molecule has 98 valence electrons. The van der Waals surface area contributed by atoms with E-state index in [0.717, 1.165) is 0 Å². The van der Waals surface area contributed by atoms with Crippen molar-refractivity contribution in [3.8, 4) is 0 Å². The molecular weight excluding hydrogens is 260 g/mol. The molecule has 0 bridgehead atoms. The van der Waals surface area contributed by atoms with Gasteiger partial charge >= 0.3 is 11.9 Å². The second-order valence-electron chi connectivity index (χ2n) is 3.74. The molecule has 0 atom stereocenters. The van der Waals surface area contributed by atoms with Crippen LogP contribution in [0.5, 0.6) is 0 Å². The Bertz CT molecular complexity index is 495. The molecule has 0 saturated carbocycles. The maximum atomic E-state index is 10.7. The van der Waals surface area contributed by atoms with E-state index in [1.807, 2.05) is 0 Å². The van der Waals surface area contributed by atoms with Gasteiger partial charge in [-0.2, -0.15) is 0 Å². The molecular formula is C11H12O6S. The van der Waals surface area contributed by atoms with Crippen LogP contribution in [-0.2, 0) is 32.5 Å². The third-order valence-electron chi connectivity index (χ3n) is 2.37. The summed E-state index contributed by atoms with van der Waals surface area (Å²) in [6.45, 7) is 0. The van der Waals surface area contributed by atoms with Gasteiger partial charge in [0, 0.05) is 0 Å². The average molecular weight is 272 g/mol. The van der Waals surface area contributed by atoms with Crippen LogP contribution in [0.15, 0.2) is 24.3 Å². The monoisotopic (exact) mass is 272 g/mol. The minimum atomic E-state index is -2.51. The molecule has 18 heavy (non-hydrogen) atoms. The van der Waals surface area contributed by atoms with Crippen molar-refractivity contribution in [3.63, 3.8) is 0 Å². The van der Waals surface area contributed by atoms with E-state index in [1.54, 1.807) is 12.1 Å². The molecule has 0 saturated heterocycles. The lowest BCUT2D eigenvalue weighted by atomic mass is 9.99. The van der Waals surface area contributed by atoms with E-state index >= 15 is 0 Å². The minimum Gasteiger partial charge on any atom is -0.481 e. The topological polar surface area (TPSA) is 109 Å². The van der Waals surface area contributed by atoms with Crippen LogP contribution in [0.25, 0.3) is 0 Å². The predicted molar refractivity (Wildman–Crippen MR) is 62.9 cm³/mol. The van der Waals surface area contributed by atoms with Gasteiger partial charge in [-0.05, 0) is 17.5 Å². The third-order valence-corrected chi connectivity index (χ3v) is 2.99. The van der Waals surface area contributed by atoms with Crippen LogP contribution in [-0.4, -0.2) is 30.6 Å². The summed E-state index contributed by atoms with van der Waals surface area (Å²) in [7, 11) is -2.51. The first-order valence-electron chi connectivity index (χ1n) is 5.05. The van der Waals surface area contributed by atoms with Crippen molar-refractivity contribution in [2.75, 3.05) is 0 Å². The summed E-state index contributed by atoms with van der Waals surface area (Å²) in [5.41, 5.74) is 1.12. The number of carboxylic acid groups (broad SMARTS) is 2. The first kappa shape index (κ1) is 14.2. The largest absolute Gasteiger partial charge is 0.481 e. The highest BCUT2D eigenvalue weighted by Crippen LogP contribution is 2.12. The zero-order valence-electron chi connectivity index (χ0n) is 9.28. The number of carboxylic acids is 2. The van der Waals surface area contributed by atoms with E-state index in [2.05, 4.69) is 0 Å². The molecule has 1 aromatic carbocycles. The van der Waals surface area contributed by atoms with Gasteiger partial charge < -0.3 is 10.2 Å². The zero-order chi connectivity index (χ0) is 13.7. The van der Waals surface area contributed by atoms with E-state index in [0.29, 0.717) is 11.1 Å². The van der Waals surface area contributed by atoms with Crippen molar-refractivity contribution in [2.24, 2.45) is 5.92 Å². The number of benzene rings is 1. The van der Waals surface area contributed by atoms with E-state index in [1.165, 1.54) is 12.1 Å². The Labute approximate surface area is 105 Å². The minimum absolute atomic E-state index is 0.0864. The van der Waals surface area contributed by atoms with Crippen LogP contribution in [0.1, 0.15) is 11.1 Å². The SMILES string of the molecule is O=C(O)C(Cc1ccc(C[SH](=O)=O)cc1)C(=O)O. The summed E-state index contributed by atoms with van der Waals surface area (Å²) in [5.74, 6) is -4.37. The number of thiol groups is 1. The molecule has 0 aliphatic heterocycles. The van der Waals surface area contributed by atoms with Crippen LogP contribution < -0.4 is 0 Å². The van der Waals surface area contributed by atoms with Crippen LogP contribution in [0.3, 0.4) is 0 Å². The summed E-state index contributed by atoms with van der Waals surface area (Å²) >= 11 is 0. The molecule has 0 spiro atoms. The lowest BCUT2D eigenvalue weighted by molar-refractivity contribution is -0.154. The van der Waals surface area contributed by atoms with Crippen molar-refractivity contribution < 1.29 is 28.2 Å². The number of hydrogen-bond acceptors (Lipinski definition) is 4. The Balaban J connectivity index is 2.79. The molecule has 6 nitrogen and oxygen atoms in total. The summed E-state index contributed by atoms with van der Waals surface area (Å²) in [6, 6.07) is 6.16. The Morgan fingerprint density at radius 1 is 1.00 bits per heavy atom. The maximum absolute atomic E-state index is 10.7. The van der Waals surface area contributed by atoms with Crippen LogP contribution in [0, 0.1) is 5.92 Å². The molecule has 0 heterocycles. The summed E-state index contributed by atoms with van der Waals surface area (Å²) in [4.78, 5) is 21.4. The Morgan fingerprint density at radius 2 is 1.44 bits per heavy atom. The van der Waals surface area contributed by atoms with Crippen molar-refractivity contribution >= 4 is 22.6 Å². The molecule has 7 heteroatoms. The predicted octanol–water partition coefficient (Wildman–Crippen LogP) is 0.126. The standard InChI is InChI=1S/C11H12O6S/c12-10(13)9(11(14)15)5-7-1-3-8(4-2-7)6-18(16)17/h1-4,9,18H,5-6H2,(H,12,13)(H,14,15). The fourth-order valence-corrected chi connectivity index (χ4v) is 1.95. The Kier molecular flexibility index (Phi) is 4.85. The molecule has 0 aliphatic carbocycles. The van der Waals surface area contributed by atoms with Crippen molar-refractivity contribution in [1.82, 2.24) is 0 Å². The maximum Gasteiger partial charge on any atom is 0.318 e. The first-order chi connectivity index (χ1) is 8.40. The van der Waals surface area contributed by atoms with Crippen LogP contribution >= 0.6 is 0 Å². The van der Waals surface area contributed by atoms with Gasteiger partial charge in [0.1, 0.15) is 10.7 Å². The number of carbonyl (C=O) groups is 2. The molecule has 0 aliphatic rings. The van der Waals surface area contributed by atoms with Gasteiger partial charge in [-0.15, -0.1) is 0 Å². The van der Waals surface area contributed by atoms with Crippen LogP contribution in [0.4, 0.5) is 0 Å². The molecule has 0 radical (unpaired) electrons. The molecule has 0 unspecified atom stereocenters. The van der Waals surface area contributed by atoms with Gasteiger partial charge in [-0.3, -0.25) is 9.59 Å². The van der Waals surface area contributed by atoms with Crippen LogP contribution in [0.2, 0.25) is 0 Å². The number of rotatable bonds is 6. The van der Waals surface area contributed by atoms with E-state index in [4.69, 9.17) is 10.2 Å². The smallest absolute Gasteiger partial charge is 0.318 e. The van der Waals surface area contributed by atoms with Gasteiger partial charge in [-0.25, -0.2) is 8.42 Å². The quantitative estimate of drug-likeness (QED) is 0.501. The lowest BCUT2D eigenvalue weighted by Gasteiger charge is -2.07. The van der Waals surface area contributed by atoms with Gasteiger partial charge in [0.2, 0.25) is 0 Å². The van der Waals surface area contributed by atoms with Gasteiger partial charge in [-0.1, -0.05) is 24.3 Å².